The molecule has 4 rings (SSSR count). The standard InChI is InChI=1S/C23H29F3N6O2S/c1-13(2)14-5-7-15(8-6-14)17-10-19(23(24,25)26)32-20(28-17)11-18(31-32)21(33)29-30-22(35)27-12-16-4-3-9-34-16/h5-8,11,13,16-17,19,28H,3-4,9-10,12H2,1-2H3,(H,29,33)(H2,27,30,35)/t16-,17-,19-/m0/s1. The highest BCUT2D eigenvalue weighted by Gasteiger charge is 2.46. The number of amides is 1. The van der Waals surface area contributed by atoms with Crippen LogP contribution in [-0.2, 0) is 4.74 Å². The van der Waals surface area contributed by atoms with Crippen LogP contribution in [-0.4, -0.2) is 46.2 Å². The van der Waals surface area contributed by atoms with Crippen molar-refractivity contribution in [3.8, 4) is 0 Å². The number of hydrogen-bond acceptors (Lipinski definition) is 5. The van der Waals surface area contributed by atoms with Crippen LogP contribution in [0.3, 0.4) is 0 Å². The van der Waals surface area contributed by atoms with Crippen molar-refractivity contribution in [2.75, 3.05) is 18.5 Å². The SMILES string of the molecule is CC(C)c1ccc([C@@H]2C[C@@H](C(F)(F)F)n3nc(C(=O)NNC(=S)NC[C@@H]4CCCO4)cc3N2)cc1. The number of hydrazine groups is 1. The third-order valence-corrected chi connectivity index (χ3v) is 6.48. The second-order valence-electron chi connectivity index (χ2n) is 9.09. The first-order valence-corrected chi connectivity index (χ1v) is 12.0. The van der Waals surface area contributed by atoms with E-state index < -0.39 is 24.2 Å². The number of ether oxygens (including phenoxy) is 1. The smallest absolute Gasteiger partial charge is 0.376 e. The fraction of sp³-hybridized carbons (Fsp3) is 0.522. The Morgan fingerprint density at radius 2 is 2.03 bits per heavy atom. The molecule has 1 amide bonds. The Kier molecular flexibility index (Phi) is 7.50. The number of alkyl halides is 3. The van der Waals surface area contributed by atoms with Crippen LogP contribution in [0.2, 0.25) is 0 Å². The van der Waals surface area contributed by atoms with E-state index in [0.717, 1.165) is 28.7 Å². The van der Waals surface area contributed by atoms with Crippen LogP contribution < -0.4 is 21.5 Å². The van der Waals surface area contributed by atoms with Gasteiger partial charge in [0.15, 0.2) is 16.8 Å². The Bertz CT molecular complexity index is 1050. The number of thiocarbonyl (C=S) groups is 1. The van der Waals surface area contributed by atoms with Gasteiger partial charge in [0.05, 0.1) is 12.1 Å². The number of nitrogens with zero attached hydrogens (tertiary/aromatic N) is 2. The fourth-order valence-corrected chi connectivity index (χ4v) is 4.38. The van der Waals surface area contributed by atoms with E-state index in [0.29, 0.717) is 19.1 Å². The molecule has 0 bridgehead atoms. The molecule has 2 aliphatic rings. The molecule has 190 valence electrons. The molecule has 1 aromatic heterocycles. The number of rotatable bonds is 5. The number of anilines is 1. The summed E-state index contributed by atoms with van der Waals surface area (Å²) in [5.41, 5.74) is 6.62. The van der Waals surface area contributed by atoms with Crippen molar-refractivity contribution in [3.05, 3.63) is 47.2 Å². The minimum Gasteiger partial charge on any atom is -0.376 e. The Labute approximate surface area is 206 Å². The highest BCUT2D eigenvalue weighted by Crippen LogP contribution is 2.43. The highest BCUT2D eigenvalue weighted by atomic mass is 32.1. The van der Waals surface area contributed by atoms with Gasteiger partial charge < -0.3 is 15.4 Å². The molecule has 0 aliphatic carbocycles. The lowest BCUT2D eigenvalue weighted by atomic mass is 9.94. The van der Waals surface area contributed by atoms with Gasteiger partial charge in [0, 0.05) is 25.6 Å². The lowest BCUT2D eigenvalue weighted by Crippen LogP contribution is -2.48. The Morgan fingerprint density at radius 3 is 2.66 bits per heavy atom. The molecule has 35 heavy (non-hydrogen) atoms. The predicted molar refractivity (Wildman–Crippen MR) is 129 cm³/mol. The maximum Gasteiger partial charge on any atom is 0.410 e. The third kappa shape index (κ3) is 6.04. The molecule has 3 heterocycles. The van der Waals surface area contributed by atoms with E-state index in [9.17, 15) is 18.0 Å². The summed E-state index contributed by atoms with van der Waals surface area (Å²) in [4.78, 5) is 12.6. The average molecular weight is 511 g/mol. The summed E-state index contributed by atoms with van der Waals surface area (Å²) in [6, 6.07) is 6.41. The van der Waals surface area contributed by atoms with Crippen LogP contribution in [0.5, 0.6) is 0 Å². The molecule has 4 N–H and O–H groups in total. The van der Waals surface area contributed by atoms with Gasteiger partial charge in [0.1, 0.15) is 5.82 Å². The van der Waals surface area contributed by atoms with Crippen molar-refractivity contribution < 1.29 is 22.7 Å². The van der Waals surface area contributed by atoms with Crippen molar-refractivity contribution in [3.63, 3.8) is 0 Å². The first-order valence-electron chi connectivity index (χ1n) is 11.6. The summed E-state index contributed by atoms with van der Waals surface area (Å²) < 4.78 is 48.1. The second kappa shape index (κ2) is 10.4. The number of carbonyl (C=O) groups excluding carboxylic acids is 1. The summed E-state index contributed by atoms with van der Waals surface area (Å²) in [5.74, 6) is -0.254. The van der Waals surface area contributed by atoms with E-state index in [-0.39, 0.29) is 29.1 Å². The maximum atomic E-state index is 13.9. The molecule has 0 saturated carbocycles. The number of nitrogens with one attached hydrogen (secondary N) is 4. The summed E-state index contributed by atoms with van der Waals surface area (Å²) in [6.07, 6.45) is -2.79. The first-order chi connectivity index (χ1) is 16.6. The molecule has 2 aliphatic heterocycles. The average Bonchev–Trinajstić information content (AvgIpc) is 3.49. The zero-order valence-electron chi connectivity index (χ0n) is 19.5. The van der Waals surface area contributed by atoms with Crippen molar-refractivity contribution in [1.29, 1.82) is 0 Å². The molecule has 2 aromatic rings. The fourth-order valence-electron chi connectivity index (χ4n) is 4.25. The predicted octanol–water partition coefficient (Wildman–Crippen LogP) is 3.95. The molecule has 1 saturated heterocycles. The number of halogens is 3. The molecular weight excluding hydrogens is 481 g/mol. The van der Waals surface area contributed by atoms with Gasteiger partial charge in [-0.1, -0.05) is 38.1 Å². The molecule has 1 aromatic carbocycles. The molecule has 8 nitrogen and oxygen atoms in total. The normalized spacial score (nSPS) is 21.8. The maximum absolute atomic E-state index is 13.9. The molecule has 12 heteroatoms. The van der Waals surface area contributed by atoms with Gasteiger partial charge >= 0.3 is 6.18 Å². The summed E-state index contributed by atoms with van der Waals surface area (Å²) in [6.45, 7) is 5.32. The Balaban J connectivity index is 1.44. The van der Waals surface area contributed by atoms with E-state index in [4.69, 9.17) is 17.0 Å². The Morgan fingerprint density at radius 1 is 1.29 bits per heavy atom. The van der Waals surface area contributed by atoms with Crippen molar-refractivity contribution in [2.24, 2.45) is 0 Å². The van der Waals surface area contributed by atoms with Crippen molar-refractivity contribution in [1.82, 2.24) is 25.9 Å². The van der Waals surface area contributed by atoms with Crippen molar-refractivity contribution >= 4 is 29.1 Å². The Hall–Kier alpha value is -2.86. The van der Waals surface area contributed by atoms with E-state index in [1.54, 1.807) is 0 Å². The molecule has 0 unspecified atom stereocenters. The number of carbonyl (C=O) groups is 1. The lowest BCUT2D eigenvalue weighted by molar-refractivity contribution is -0.173. The van der Waals surface area contributed by atoms with Gasteiger partial charge in [0.25, 0.3) is 5.91 Å². The minimum atomic E-state index is -4.53. The quantitative estimate of drug-likeness (QED) is 0.358. The van der Waals surface area contributed by atoms with Crippen LogP contribution in [0.1, 0.15) is 72.7 Å². The van der Waals surface area contributed by atoms with Gasteiger partial charge in [-0.2, -0.15) is 18.3 Å². The molecule has 0 spiro atoms. The summed E-state index contributed by atoms with van der Waals surface area (Å²) in [5, 5.41) is 10.2. The van der Waals surface area contributed by atoms with Gasteiger partial charge in [-0.25, -0.2) is 4.68 Å². The number of fused-ring (bicyclic) bond motifs is 1. The van der Waals surface area contributed by atoms with Gasteiger partial charge in [-0.05, 0) is 42.1 Å². The van der Waals surface area contributed by atoms with Crippen LogP contribution >= 0.6 is 12.2 Å². The van der Waals surface area contributed by atoms with Crippen LogP contribution in [0, 0.1) is 0 Å². The van der Waals surface area contributed by atoms with Gasteiger partial charge in [-0.15, -0.1) is 0 Å². The summed E-state index contributed by atoms with van der Waals surface area (Å²) >= 11 is 5.13. The summed E-state index contributed by atoms with van der Waals surface area (Å²) in [7, 11) is 0. The van der Waals surface area contributed by atoms with Crippen LogP contribution in [0.15, 0.2) is 30.3 Å². The zero-order chi connectivity index (χ0) is 25.2. The molecule has 0 radical (unpaired) electrons. The van der Waals surface area contributed by atoms with E-state index >= 15 is 0 Å². The largest absolute Gasteiger partial charge is 0.410 e. The van der Waals surface area contributed by atoms with Crippen LogP contribution in [0.4, 0.5) is 19.0 Å². The number of aromatic nitrogens is 2. The van der Waals surface area contributed by atoms with E-state index in [1.165, 1.54) is 6.07 Å². The van der Waals surface area contributed by atoms with Gasteiger partial charge in [-0.3, -0.25) is 15.6 Å². The number of hydrogen-bond donors (Lipinski definition) is 4. The minimum absolute atomic E-state index is 0.0604. The number of benzene rings is 1. The first kappa shape index (κ1) is 25.2. The monoisotopic (exact) mass is 510 g/mol. The molecule has 3 atom stereocenters. The third-order valence-electron chi connectivity index (χ3n) is 6.23. The van der Waals surface area contributed by atoms with Gasteiger partial charge in [0.2, 0.25) is 0 Å². The highest BCUT2D eigenvalue weighted by molar-refractivity contribution is 7.80. The van der Waals surface area contributed by atoms with Crippen molar-refractivity contribution in [2.45, 2.75) is 63.4 Å². The topological polar surface area (TPSA) is 92.2 Å². The van der Waals surface area contributed by atoms with Crippen LogP contribution in [0.25, 0.3) is 0 Å². The molecular formula is C23H29F3N6O2S. The molecule has 1 fully saturated rings. The lowest BCUT2D eigenvalue weighted by Gasteiger charge is -2.33. The zero-order valence-corrected chi connectivity index (χ0v) is 20.3. The van der Waals surface area contributed by atoms with E-state index in [2.05, 4.69) is 40.4 Å². The second-order valence-corrected chi connectivity index (χ2v) is 9.50. The van der Waals surface area contributed by atoms with E-state index in [1.807, 2.05) is 24.3 Å².